The molecule has 0 saturated carbocycles. The highest BCUT2D eigenvalue weighted by Gasteiger charge is 2.22. The maximum absolute atomic E-state index is 11.6. The van der Waals surface area contributed by atoms with E-state index in [-0.39, 0.29) is 23.4 Å². The summed E-state index contributed by atoms with van der Waals surface area (Å²) in [6, 6.07) is 2.90. The molecule has 0 saturated heterocycles. The molecular weight excluding hydrogens is 306 g/mol. The lowest BCUT2D eigenvalue weighted by Gasteiger charge is -1.99. The van der Waals surface area contributed by atoms with Crippen molar-refractivity contribution < 1.29 is 18.9 Å². The normalized spacial score (nSPS) is 10.6. The van der Waals surface area contributed by atoms with Crippen LogP contribution in [0.5, 0.6) is 0 Å². The van der Waals surface area contributed by atoms with E-state index in [0.29, 0.717) is 9.86 Å². The number of fused-ring (bicyclic) bond motifs is 1. The van der Waals surface area contributed by atoms with Crippen LogP contribution in [0, 0.1) is 10.1 Å². The molecule has 0 fully saturated rings. The molecule has 2 aromatic rings. The number of nitro benzene ring substituents is 1. The second-order valence-electron chi connectivity index (χ2n) is 3.43. The Morgan fingerprint density at radius 1 is 1.56 bits per heavy atom. The molecule has 94 valence electrons. The number of carbonyl (C=O) groups is 1. The van der Waals surface area contributed by atoms with Crippen molar-refractivity contribution in [2.45, 2.75) is 6.92 Å². The monoisotopic (exact) mass is 313 g/mol. The van der Waals surface area contributed by atoms with Crippen molar-refractivity contribution in [2.24, 2.45) is 0 Å². The van der Waals surface area contributed by atoms with Crippen LogP contribution in [0.3, 0.4) is 0 Å². The minimum absolute atomic E-state index is 0.0613. The van der Waals surface area contributed by atoms with Gasteiger partial charge in [0.1, 0.15) is 11.8 Å². The average Bonchev–Trinajstić information content (AvgIpc) is 2.71. The van der Waals surface area contributed by atoms with Crippen molar-refractivity contribution in [1.29, 1.82) is 0 Å². The predicted molar refractivity (Wildman–Crippen MR) is 66.5 cm³/mol. The molecule has 18 heavy (non-hydrogen) atoms. The van der Waals surface area contributed by atoms with Crippen LogP contribution in [0.25, 0.3) is 11.0 Å². The number of carbonyl (C=O) groups excluding carboxylic acids is 1. The number of halogens is 1. The number of hydrogen-bond donors (Lipinski definition) is 0. The topological polar surface area (TPSA) is 82.6 Å². The number of non-ortho nitro benzene ring substituents is 1. The zero-order valence-electron chi connectivity index (χ0n) is 9.31. The zero-order chi connectivity index (χ0) is 13.3. The smallest absolute Gasteiger partial charge is 0.342 e. The van der Waals surface area contributed by atoms with E-state index < -0.39 is 10.9 Å². The summed E-state index contributed by atoms with van der Waals surface area (Å²) in [6.07, 6.45) is 1.17. The molecule has 6 nitrogen and oxygen atoms in total. The summed E-state index contributed by atoms with van der Waals surface area (Å²) in [7, 11) is 0. The first-order valence-electron chi connectivity index (χ1n) is 5.06. The first-order chi connectivity index (χ1) is 8.54. The van der Waals surface area contributed by atoms with Crippen LogP contribution in [0.2, 0.25) is 0 Å². The van der Waals surface area contributed by atoms with Crippen molar-refractivity contribution in [3.63, 3.8) is 0 Å². The van der Waals surface area contributed by atoms with Gasteiger partial charge in [-0.05, 0) is 13.0 Å². The molecule has 0 spiro atoms. The Hall–Kier alpha value is -1.89. The Balaban J connectivity index is 2.66. The SMILES string of the molecule is CCOC(=O)c1coc2c([N+](=O)[O-])cc(Br)cc12. The number of nitrogens with zero attached hydrogens (tertiary/aromatic N) is 1. The van der Waals surface area contributed by atoms with Gasteiger partial charge in [0.15, 0.2) is 0 Å². The fraction of sp³-hybridized carbons (Fsp3) is 0.182. The Bertz CT molecular complexity index is 634. The van der Waals surface area contributed by atoms with E-state index in [9.17, 15) is 14.9 Å². The first-order valence-corrected chi connectivity index (χ1v) is 5.86. The molecule has 7 heteroatoms. The van der Waals surface area contributed by atoms with E-state index in [2.05, 4.69) is 15.9 Å². The predicted octanol–water partition coefficient (Wildman–Crippen LogP) is 3.28. The standard InChI is InChI=1S/C11H8BrNO5/c1-2-17-11(14)8-5-18-10-7(8)3-6(12)4-9(10)13(15)16/h3-5H,2H2,1H3. The summed E-state index contributed by atoms with van der Waals surface area (Å²) in [6.45, 7) is 1.90. The number of furan rings is 1. The van der Waals surface area contributed by atoms with Crippen LogP contribution >= 0.6 is 15.9 Å². The van der Waals surface area contributed by atoms with Crippen molar-refractivity contribution in [3.8, 4) is 0 Å². The highest BCUT2D eigenvalue weighted by Crippen LogP contribution is 2.33. The van der Waals surface area contributed by atoms with Gasteiger partial charge in [-0.1, -0.05) is 15.9 Å². The van der Waals surface area contributed by atoms with E-state index in [1.807, 2.05) is 0 Å². The van der Waals surface area contributed by atoms with Crippen LogP contribution in [0.1, 0.15) is 17.3 Å². The molecule has 0 amide bonds. The molecule has 0 bridgehead atoms. The summed E-state index contributed by atoms with van der Waals surface area (Å²) < 4.78 is 10.4. The van der Waals surface area contributed by atoms with Gasteiger partial charge in [-0.2, -0.15) is 0 Å². The van der Waals surface area contributed by atoms with Crippen molar-refractivity contribution >= 4 is 38.6 Å². The summed E-state index contributed by atoms with van der Waals surface area (Å²) in [5, 5.41) is 11.2. The average molecular weight is 314 g/mol. The zero-order valence-corrected chi connectivity index (χ0v) is 10.9. The van der Waals surface area contributed by atoms with Gasteiger partial charge in [-0.15, -0.1) is 0 Å². The van der Waals surface area contributed by atoms with Gasteiger partial charge >= 0.3 is 11.7 Å². The quantitative estimate of drug-likeness (QED) is 0.493. The number of rotatable bonds is 3. The Labute approximate surface area is 110 Å². The van der Waals surface area contributed by atoms with Gasteiger partial charge in [0.05, 0.1) is 11.5 Å². The van der Waals surface area contributed by atoms with E-state index in [0.717, 1.165) is 0 Å². The fourth-order valence-electron chi connectivity index (χ4n) is 1.59. The van der Waals surface area contributed by atoms with E-state index in [1.54, 1.807) is 13.0 Å². The Morgan fingerprint density at radius 3 is 2.89 bits per heavy atom. The second-order valence-corrected chi connectivity index (χ2v) is 4.34. The third-order valence-corrected chi connectivity index (χ3v) is 2.77. The molecule has 0 unspecified atom stereocenters. The summed E-state index contributed by atoms with van der Waals surface area (Å²) in [5.74, 6) is -0.566. The highest BCUT2D eigenvalue weighted by atomic mass is 79.9. The Kier molecular flexibility index (Phi) is 3.33. The molecule has 0 aliphatic carbocycles. The van der Waals surface area contributed by atoms with Crippen LogP contribution in [-0.4, -0.2) is 17.5 Å². The van der Waals surface area contributed by atoms with Crippen molar-refractivity contribution in [3.05, 3.63) is 38.5 Å². The first kappa shape index (κ1) is 12.6. The second kappa shape index (κ2) is 4.77. The minimum atomic E-state index is -0.566. The number of hydrogen-bond acceptors (Lipinski definition) is 5. The maximum atomic E-state index is 11.6. The lowest BCUT2D eigenvalue weighted by molar-refractivity contribution is -0.383. The van der Waals surface area contributed by atoms with Gasteiger partial charge < -0.3 is 9.15 Å². The third-order valence-electron chi connectivity index (χ3n) is 2.31. The number of ether oxygens (including phenoxy) is 1. The molecule has 0 N–H and O–H groups in total. The molecule has 1 aromatic heterocycles. The molecule has 0 radical (unpaired) electrons. The number of nitro groups is 1. The van der Waals surface area contributed by atoms with Gasteiger partial charge in [0.25, 0.3) is 0 Å². The molecule has 2 rings (SSSR count). The summed E-state index contributed by atoms with van der Waals surface area (Å²) in [4.78, 5) is 22.0. The van der Waals surface area contributed by atoms with Gasteiger partial charge in [0.2, 0.25) is 5.58 Å². The molecule has 0 aliphatic rings. The molecule has 1 aromatic carbocycles. The van der Waals surface area contributed by atoms with Gasteiger partial charge in [-0.25, -0.2) is 4.79 Å². The lowest BCUT2D eigenvalue weighted by Crippen LogP contribution is -2.03. The van der Waals surface area contributed by atoms with Crippen LogP contribution in [0.15, 0.2) is 27.3 Å². The van der Waals surface area contributed by atoms with Crippen LogP contribution < -0.4 is 0 Å². The molecule has 1 heterocycles. The van der Waals surface area contributed by atoms with Gasteiger partial charge in [0, 0.05) is 15.9 Å². The van der Waals surface area contributed by atoms with E-state index >= 15 is 0 Å². The largest absolute Gasteiger partial charge is 0.462 e. The van der Waals surface area contributed by atoms with Crippen molar-refractivity contribution in [2.75, 3.05) is 6.61 Å². The van der Waals surface area contributed by atoms with Crippen molar-refractivity contribution in [1.82, 2.24) is 0 Å². The summed E-state index contributed by atoms with van der Waals surface area (Å²) in [5.41, 5.74) is 0.0393. The third kappa shape index (κ3) is 2.08. The van der Waals surface area contributed by atoms with Crippen LogP contribution in [-0.2, 0) is 4.74 Å². The van der Waals surface area contributed by atoms with E-state index in [4.69, 9.17) is 9.15 Å². The van der Waals surface area contributed by atoms with Crippen LogP contribution in [0.4, 0.5) is 5.69 Å². The summed E-state index contributed by atoms with van der Waals surface area (Å²) >= 11 is 3.16. The number of esters is 1. The number of benzene rings is 1. The minimum Gasteiger partial charge on any atom is -0.462 e. The maximum Gasteiger partial charge on any atom is 0.342 e. The molecule has 0 aliphatic heterocycles. The van der Waals surface area contributed by atoms with E-state index in [1.165, 1.54) is 12.3 Å². The Morgan fingerprint density at radius 2 is 2.28 bits per heavy atom. The van der Waals surface area contributed by atoms with Gasteiger partial charge in [-0.3, -0.25) is 10.1 Å². The molecular formula is C11H8BrNO5. The fourth-order valence-corrected chi connectivity index (χ4v) is 2.03. The highest BCUT2D eigenvalue weighted by molar-refractivity contribution is 9.10. The lowest BCUT2D eigenvalue weighted by atomic mass is 10.1. The molecule has 0 atom stereocenters.